The number of rotatable bonds is 5. The van der Waals surface area contributed by atoms with Crippen LogP contribution in [0.2, 0.25) is 0 Å². The van der Waals surface area contributed by atoms with Gasteiger partial charge in [-0.2, -0.15) is 13.2 Å². The van der Waals surface area contributed by atoms with Crippen molar-refractivity contribution in [2.24, 2.45) is 0 Å². The van der Waals surface area contributed by atoms with Crippen molar-refractivity contribution in [3.8, 4) is 0 Å². The van der Waals surface area contributed by atoms with Gasteiger partial charge in [0, 0.05) is 35.5 Å². The zero-order valence-electron chi connectivity index (χ0n) is 19.2. The van der Waals surface area contributed by atoms with E-state index in [-0.39, 0.29) is 23.2 Å². The van der Waals surface area contributed by atoms with Crippen molar-refractivity contribution < 1.29 is 27.3 Å². The Morgan fingerprint density at radius 2 is 1.89 bits per heavy atom. The summed E-state index contributed by atoms with van der Waals surface area (Å²) in [6.45, 7) is 2.73. The molecule has 1 aromatic heterocycles. The van der Waals surface area contributed by atoms with Crippen molar-refractivity contribution in [3.05, 3.63) is 81.7 Å². The Balaban J connectivity index is 1.44. The SMILES string of the molecule is Cc1conc1CCc1cccc(N2Cc3c(cc(C(=O)N4CCCC4)cc3C(F)(F)F)C2=O)c1. The van der Waals surface area contributed by atoms with Crippen molar-refractivity contribution in [2.75, 3.05) is 18.0 Å². The van der Waals surface area contributed by atoms with Crippen LogP contribution in [0.15, 0.2) is 47.2 Å². The molecule has 0 radical (unpaired) electrons. The monoisotopic (exact) mass is 483 g/mol. The average molecular weight is 483 g/mol. The van der Waals surface area contributed by atoms with Crippen molar-refractivity contribution in [1.82, 2.24) is 10.1 Å². The van der Waals surface area contributed by atoms with Crippen molar-refractivity contribution in [1.29, 1.82) is 0 Å². The van der Waals surface area contributed by atoms with Gasteiger partial charge in [-0.25, -0.2) is 0 Å². The molecule has 0 N–H and O–H groups in total. The van der Waals surface area contributed by atoms with Gasteiger partial charge < -0.3 is 14.3 Å². The maximum atomic E-state index is 14.0. The molecule has 0 aliphatic carbocycles. The first kappa shape index (κ1) is 23.1. The summed E-state index contributed by atoms with van der Waals surface area (Å²) in [5.41, 5.74) is 2.05. The van der Waals surface area contributed by atoms with Crippen LogP contribution in [0.3, 0.4) is 0 Å². The number of carbonyl (C=O) groups excluding carboxylic acids is 2. The topological polar surface area (TPSA) is 66.7 Å². The smallest absolute Gasteiger partial charge is 0.364 e. The summed E-state index contributed by atoms with van der Waals surface area (Å²) in [6.07, 6.45) is -0.186. The number of anilines is 1. The molecule has 6 nitrogen and oxygen atoms in total. The summed E-state index contributed by atoms with van der Waals surface area (Å²) in [7, 11) is 0. The van der Waals surface area contributed by atoms with Crippen LogP contribution in [-0.2, 0) is 25.6 Å². The Morgan fingerprint density at radius 3 is 2.57 bits per heavy atom. The number of aromatic nitrogens is 1. The van der Waals surface area contributed by atoms with E-state index in [0.29, 0.717) is 31.6 Å². The average Bonchev–Trinajstić information content (AvgIpc) is 3.57. The van der Waals surface area contributed by atoms with E-state index in [4.69, 9.17) is 4.52 Å². The van der Waals surface area contributed by atoms with Crippen LogP contribution in [0.4, 0.5) is 18.9 Å². The molecule has 0 unspecified atom stereocenters. The van der Waals surface area contributed by atoms with Gasteiger partial charge in [-0.3, -0.25) is 9.59 Å². The van der Waals surface area contributed by atoms with Gasteiger partial charge in [0.1, 0.15) is 6.26 Å². The molecule has 2 aliphatic heterocycles. The maximum absolute atomic E-state index is 14.0. The third kappa shape index (κ3) is 4.42. The molecule has 5 rings (SSSR count). The van der Waals surface area contributed by atoms with Gasteiger partial charge in [-0.1, -0.05) is 17.3 Å². The lowest BCUT2D eigenvalue weighted by Gasteiger charge is -2.18. The highest BCUT2D eigenvalue weighted by atomic mass is 19.4. The predicted molar refractivity (Wildman–Crippen MR) is 122 cm³/mol. The van der Waals surface area contributed by atoms with Gasteiger partial charge in [0.2, 0.25) is 0 Å². The van der Waals surface area contributed by atoms with Crippen LogP contribution < -0.4 is 4.90 Å². The second kappa shape index (κ2) is 8.87. The molecule has 2 aromatic carbocycles. The van der Waals surface area contributed by atoms with E-state index in [9.17, 15) is 22.8 Å². The van der Waals surface area contributed by atoms with Crippen LogP contribution in [-0.4, -0.2) is 35.0 Å². The minimum atomic E-state index is -4.68. The number of carbonyl (C=O) groups is 2. The van der Waals surface area contributed by atoms with Crippen LogP contribution in [0.5, 0.6) is 0 Å². The van der Waals surface area contributed by atoms with Crippen LogP contribution in [0.25, 0.3) is 0 Å². The number of nitrogens with zero attached hydrogens (tertiary/aromatic N) is 3. The number of amides is 2. The third-order valence-corrected chi connectivity index (χ3v) is 6.71. The largest absolute Gasteiger partial charge is 0.416 e. The highest BCUT2D eigenvalue weighted by molar-refractivity contribution is 6.11. The van der Waals surface area contributed by atoms with Gasteiger partial charge in [0.15, 0.2) is 0 Å². The molecule has 0 bridgehead atoms. The van der Waals surface area contributed by atoms with Gasteiger partial charge >= 0.3 is 6.18 Å². The van der Waals surface area contributed by atoms with E-state index in [0.717, 1.165) is 35.7 Å². The Kier molecular flexibility index (Phi) is 5.86. The molecular formula is C26H24F3N3O3. The summed E-state index contributed by atoms with van der Waals surface area (Å²) < 4.78 is 46.9. The lowest BCUT2D eigenvalue weighted by atomic mass is 9.98. The zero-order chi connectivity index (χ0) is 24.7. The number of benzene rings is 2. The van der Waals surface area contributed by atoms with E-state index in [1.54, 1.807) is 23.3 Å². The summed E-state index contributed by atoms with van der Waals surface area (Å²) in [5, 5.41) is 3.98. The van der Waals surface area contributed by atoms with E-state index >= 15 is 0 Å². The molecule has 1 saturated heterocycles. The van der Waals surface area contributed by atoms with Crippen LogP contribution in [0, 0.1) is 6.92 Å². The first-order valence-corrected chi connectivity index (χ1v) is 11.6. The molecule has 0 atom stereocenters. The summed E-state index contributed by atoms with van der Waals surface area (Å²) in [4.78, 5) is 29.0. The minimum Gasteiger partial charge on any atom is -0.364 e. The molecular weight excluding hydrogens is 459 g/mol. The quantitative estimate of drug-likeness (QED) is 0.501. The minimum absolute atomic E-state index is 0.0639. The Labute approximate surface area is 200 Å². The van der Waals surface area contributed by atoms with Crippen molar-refractivity contribution in [3.63, 3.8) is 0 Å². The lowest BCUT2D eigenvalue weighted by molar-refractivity contribution is -0.138. The number of likely N-dealkylation sites (tertiary alicyclic amines) is 1. The highest BCUT2D eigenvalue weighted by Gasteiger charge is 2.41. The summed E-state index contributed by atoms with van der Waals surface area (Å²) in [6, 6.07) is 9.42. The molecule has 0 spiro atoms. The third-order valence-electron chi connectivity index (χ3n) is 6.71. The second-order valence-corrected chi connectivity index (χ2v) is 9.05. The molecule has 9 heteroatoms. The second-order valence-electron chi connectivity index (χ2n) is 9.05. The van der Waals surface area contributed by atoms with Gasteiger partial charge in [0.25, 0.3) is 11.8 Å². The molecule has 182 valence electrons. The van der Waals surface area contributed by atoms with Gasteiger partial charge in [-0.05, 0) is 68.0 Å². The molecule has 35 heavy (non-hydrogen) atoms. The van der Waals surface area contributed by atoms with Crippen molar-refractivity contribution >= 4 is 17.5 Å². The first-order valence-electron chi connectivity index (χ1n) is 11.6. The van der Waals surface area contributed by atoms with Crippen LogP contribution >= 0.6 is 0 Å². The van der Waals surface area contributed by atoms with Gasteiger partial charge in [-0.15, -0.1) is 0 Å². The number of alkyl halides is 3. The van der Waals surface area contributed by atoms with E-state index < -0.39 is 23.6 Å². The summed E-state index contributed by atoms with van der Waals surface area (Å²) >= 11 is 0. The number of fused-ring (bicyclic) bond motifs is 1. The fourth-order valence-corrected chi connectivity index (χ4v) is 4.79. The summed E-state index contributed by atoms with van der Waals surface area (Å²) in [5.74, 6) is -1.00. The molecule has 2 aliphatic rings. The molecule has 3 aromatic rings. The lowest BCUT2D eigenvalue weighted by Crippen LogP contribution is -2.28. The first-order chi connectivity index (χ1) is 16.7. The molecule has 1 fully saturated rings. The highest BCUT2D eigenvalue weighted by Crippen LogP contribution is 2.40. The maximum Gasteiger partial charge on any atom is 0.416 e. The van der Waals surface area contributed by atoms with Crippen molar-refractivity contribution in [2.45, 2.75) is 45.3 Å². The predicted octanol–water partition coefficient (Wildman–Crippen LogP) is 5.18. The van der Waals surface area contributed by atoms with E-state index in [2.05, 4.69) is 5.16 Å². The van der Waals surface area contributed by atoms with E-state index in [1.165, 1.54) is 11.0 Å². The van der Waals surface area contributed by atoms with Crippen LogP contribution in [0.1, 0.15) is 61.5 Å². The fourth-order valence-electron chi connectivity index (χ4n) is 4.79. The number of hydrogen-bond acceptors (Lipinski definition) is 4. The molecule has 3 heterocycles. The Morgan fingerprint density at radius 1 is 1.11 bits per heavy atom. The normalized spacial score (nSPS) is 15.7. The van der Waals surface area contributed by atoms with E-state index in [1.807, 2.05) is 19.1 Å². The van der Waals surface area contributed by atoms with Gasteiger partial charge in [0.05, 0.1) is 17.8 Å². The number of hydrogen-bond donors (Lipinski definition) is 0. The molecule has 0 saturated carbocycles. The standard InChI is InChI=1S/C26H24F3N3O3/c1-16-15-35-30-23(16)8-7-17-5-4-6-19(11-17)32-14-21-20(25(32)34)12-18(13-22(21)26(27,28)29)24(33)31-9-2-3-10-31/h4-6,11-13,15H,2-3,7-10,14H2,1H3. The fraction of sp³-hybridized carbons (Fsp3) is 0.346. The zero-order valence-corrected chi connectivity index (χ0v) is 19.2. The number of aryl methyl sites for hydroxylation is 3. The number of halogens is 3. The Bertz CT molecular complexity index is 1290. The Hall–Kier alpha value is -3.62. The molecule has 2 amide bonds.